The van der Waals surface area contributed by atoms with Gasteiger partial charge < -0.3 is 26.4 Å². The van der Waals surface area contributed by atoms with Crippen LogP contribution in [0.2, 0.25) is 0 Å². The normalized spacial score (nSPS) is 20.3. The molecule has 2 amide bonds. The van der Waals surface area contributed by atoms with Gasteiger partial charge in [0.25, 0.3) is 5.91 Å². The van der Waals surface area contributed by atoms with E-state index in [4.69, 9.17) is 5.11 Å². The number of fused-ring (bicyclic) bond motifs is 1. The van der Waals surface area contributed by atoms with Crippen LogP contribution in [0.5, 0.6) is 0 Å². The Morgan fingerprint density at radius 3 is 2.73 bits per heavy atom. The average Bonchev–Trinajstić information content (AvgIpc) is 3.07. The molecule has 5 N–H and O–H groups in total. The van der Waals surface area contributed by atoms with Crippen LogP contribution < -0.4 is 21.3 Å². The van der Waals surface area contributed by atoms with Crippen molar-refractivity contribution in [3.05, 3.63) is 46.8 Å². The Kier molecular flexibility index (Phi) is 5.43. The molecule has 1 aromatic carbocycles. The molecule has 30 heavy (non-hydrogen) atoms. The van der Waals surface area contributed by atoms with Crippen molar-refractivity contribution in [2.24, 2.45) is 0 Å². The van der Waals surface area contributed by atoms with Gasteiger partial charge in [-0.25, -0.2) is 14.2 Å². The molecule has 0 spiro atoms. The van der Waals surface area contributed by atoms with Gasteiger partial charge in [-0.05, 0) is 55.2 Å². The van der Waals surface area contributed by atoms with E-state index < -0.39 is 6.09 Å². The molecule has 0 bridgehead atoms. The minimum absolute atomic E-state index is 0.0913. The van der Waals surface area contributed by atoms with Gasteiger partial charge in [-0.2, -0.15) is 0 Å². The molecule has 1 saturated carbocycles. The summed E-state index contributed by atoms with van der Waals surface area (Å²) in [7, 11) is 0. The molecule has 2 heterocycles. The number of halogens is 1. The number of nitrogens with zero attached hydrogens (tertiary/aromatic N) is 1. The largest absolute Gasteiger partial charge is 0.465 e. The molecule has 1 aliphatic heterocycles. The first-order valence-electron chi connectivity index (χ1n) is 10.0. The Labute approximate surface area is 173 Å². The number of carboxylic acid groups (broad SMARTS) is 1. The predicted octanol–water partition coefficient (Wildman–Crippen LogP) is 3.51. The zero-order valence-electron chi connectivity index (χ0n) is 16.6. The first-order valence-corrected chi connectivity index (χ1v) is 10.0. The Bertz CT molecular complexity index is 997. The second-order valence-electron chi connectivity index (χ2n) is 7.75. The fourth-order valence-corrected chi connectivity index (χ4v) is 4.10. The first-order chi connectivity index (χ1) is 14.4. The molecule has 2 atom stereocenters. The van der Waals surface area contributed by atoms with Crippen LogP contribution in [0.4, 0.5) is 26.5 Å². The van der Waals surface area contributed by atoms with Gasteiger partial charge in [0.15, 0.2) is 0 Å². The van der Waals surface area contributed by atoms with Gasteiger partial charge in [0.2, 0.25) is 0 Å². The highest BCUT2D eigenvalue weighted by atomic mass is 19.1. The van der Waals surface area contributed by atoms with E-state index in [1.165, 1.54) is 6.07 Å². The summed E-state index contributed by atoms with van der Waals surface area (Å²) in [6, 6.07) is 6.14. The molecular weight excluding hydrogens is 389 g/mol. The van der Waals surface area contributed by atoms with Crippen molar-refractivity contribution in [2.45, 2.75) is 51.2 Å². The maximum absolute atomic E-state index is 13.6. The third kappa shape index (κ3) is 4.14. The van der Waals surface area contributed by atoms with E-state index in [0.717, 1.165) is 31.2 Å². The standard InChI is InChI=1S/C21H24FN5O3/c1-11-8-13(6-7-14(11)22)24-19-18-12(10-23-20(18)28)9-17(27-19)25-15-4-2-3-5-16(15)26-21(29)30/h6-9,15-16,26H,2-5,10H2,1H3,(H,23,28)(H,29,30)(H2,24,25,27). The first kappa shape index (κ1) is 19.9. The quantitative estimate of drug-likeness (QED) is 0.512. The Morgan fingerprint density at radius 2 is 2.00 bits per heavy atom. The van der Waals surface area contributed by atoms with Crippen LogP contribution in [0.15, 0.2) is 24.3 Å². The molecule has 1 aliphatic carbocycles. The number of hydrogen-bond acceptors (Lipinski definition) is 5. The van der Waals surface area contributed by atoms with E-state index in [-0.39, 0.29) is 23.8 Å². The van der Waals surface area contributed by atoms with Crippen molar-refractivity contribution < 1.29 is 19.1 Å². The zero-order valence-corrected chi connectivity index (χ0v) is 16.6. The van der Waals surface area contributed by atoms with Gasteiger partial charge in [-0.15, -0.1) is 0 Å². The average molecular weight is 413 g/mol. The van der Waals surface area contributed by atoms with Crippen LogP contribution in [-0.2, 0) is 6.54 Å². The molecule has 158 valence electrons. The minimum atomic E-state index is -1.04. The second kappa shape index (κ2) is 8.17. The third-order valence-electron chi connectivity index (χ3n) is 5.60. The summed E-state index contributed by atoms with van der Waals surface area (Å²) in [4.78, 5) is 28.1. The number of rotatable bonds is 5. The van der Waals surface area contributed by atoms with Gasteiger partial charge in [0, 0.05) is 18.3 Å². The molecule has 9 heteroatoms. The van der Waals surface area contributed by atoms with E-state index in [1.54, 1.807) is 19.1 Å². The van der Waals surface area contributed by atoms with Gasteiger partial charge in [-0.3, -0.25) is 4.79 Å². The van der Waals surface area contributed by atoms with Gasteiger partial charge >= 0.3 is 6.09 Å². The fourth-order valence-electron chi connectivity index (χ4n) is 4.10. The van der Waals surface area contributed by atoms with Gasteiger partial charge in [0.05, 0.1) is 11.6 Å². The van der Waals surface area contributed by atoms with E-state index in [2.05, 4.69) is 26.3 Å². The highest BCUT2D eigenvalue weighted by molar-refractivity contribution is 6.03. The molecular formula is C21H24FN5O3. The summed E-state index contributed by atoms with van der Waals surface area (Å²) in [6.07, 6.45) is 2.51. The lowest BCUT2D eigenvalue weighted by Gasteiger charge is -2.32. The highest BCUT2D eigenvalue weighted by Crippen LogP contribution is 2.30. The molecule has 8 nitrogen and oxygen atoms in total. The van der Waals surface area contributed by atoms with E-state index in [1.807, 2.05) is 6.07 Å². The number of aryl methyl sites for hydroxylation is 1. The number of nitrogens with one attached hydrogen (secondary N) is 4. The van der Waals surface area contributed by atoms with Crippen LogP contribution in [-0.4, -0.2) is 34.2 Å². The number of aromatic nitrogens is 1. The van der Waals surface area contributed by atoms with Crippen LogP contribution in [0.1, 0.15) is 47.2 Å². The van der Waals surface area contributed by atoms with Crippen molar-refractivity contribution in [3.8, 4) is 0 Å². The summed E-state index contributed by atoms with van der Waals surface area (Å²) < 4.78 is 13.6. The van der Waals surface area contributed by atoms with Gasteiger partial charge in [-0.1, -0.05) is 12.8 Å². The number of anilines is 3. The van der Waals surface area contributed by atoms with Crippen LogP contribution >= 0.6 is 0 Å². The lowest BCUT2D eigenvalue weighted by Crippen LogP contribution is -2.48. The molecule has 0 radical (unpaired) electrons. The minimum Gasteiger partial charge on any atom is -0.465 e. The third-order valence-corrected chi connectivity index (χ3v) is 5.60. The zero-order chi connectivity index (χ0) is 21.3. The number of benzene rings is 1. The lowest BCUT2D eigenvalue weighted by atomic mass is 9.90. The van der Waals surface area contributed by atoms with E-state index in [9.17, 15) is 14.0 Å². The monoisotopic (exact) mass is 413 g/mol. The van der Waals surface area contributed by atoms with Crippen LogP contribution in [0.3, 0.4) is 0 Å². The number of pyridine rings is 1. The van der Waals surface area contributed by atoms with Crippen LogP contribution in [0.25, 0.3) is 0 Å². The Balaban J connectivity index is 1.63. The number of carbonyl (C=O) groups is 2. The maximum Gasteiger partial charge on any atom is 0.404 e. The van der Waals surface area contributed by atoms with Crippen molar-refractivity contribution in [2.75, 3.05) is 10.6 Å². The van der Waals surface area contributed by atoms with Gasteiger partial charge in [0.1, 0.15) is 17.5 Å². The second-order valence-corrected chi connectivity index (χ2v) is 7.75. The molecule has 1 aromatic heterocycles. The maximum atomic E-state index is 13.6. The van der Waals surface area contributed by atoms with Crippen molar-refractivity contribution in [1.82, 2.24) is 15.6 Å². The fraction of sp³-hybridized carbons (Fsp3) is 0.381. The number of carbonyl (C=O) groups excluding carboxylic acids is 1. The molecule has 4 rings (SSSR count). The molecule has 2 aromatic rings. The van der Waals surface area contributed by atoms with E-state index >= 15 is 0 Å². The smallest absolute Gasteiger partial charge is 0.404 e. The van der Waals surface area contributed by atoms with Crippen molar-refractivity contribution in [3.63, 3.8) is 0 Å². The summed E-state index contributed by atoms with van der Waals surface area (Å²) in [6.45, 7) is 2.06. The summed E-state index contributed by atoms with van der Waals surface area (Å²) in [5.41, 5.74) is 2.38. The SMILES string of the molecule is Cc1cc(Nc2nc(NC3CCCCC3NC(=O)O)cc3c2C(=O)NC3)ccc1F. The Hall–Kier alpha value is -3.36. The topological polar surface area (TPSA) is 115 Å². The van der Waals surface area contributed by atoms with E-state index in [0.29, 0.717) is 35.0 Å². The summed E-state index contributed by atoms with van der Waals surface area (Å²) in [5, 5.41) is 21.0. The van der Waals surface area contributed by atoms with Crippen LogP contribution in [0, 0.1) is 12.7 Å². The summed E-state index contributed by atoms with van der Waals surface area (Å²) in [5.74, 6) is 0.430. The molecule has 0 saturated heterocycles. The summed E-state index contributed by atoms with van der Waals surface area (Å²) >= 11 is 0. The predicted molar refractivity (Wildman–Crippen MR) is 111 cm³/mol. The van der Waals surface area contributed by atoms with Crippen molar-refractivity contribution in [1.29, 1.82) is 0 Å². The molecule has 2 aliphatic rings. The van der Waals surface area contributed by atoms with Crippen molar-refractivity contribution >= 4 is 29.3 Å². The lowest BCUT2D eigenvalue weighted by molar-refractivity contribution is 0.0966. The number of amides is 2. The molecule has 2 unspecified atom stereocenters. The highest BCUT2D eigenvalue weighted by Gasteiger charge is 2.29. The number of hydrogen-bond donors (Lipinski definition) is 5. The molecule has 1 fully saturated rings. The Morgan fingerprint density at radius 1 is 1.23 bits per heavy atom.